The van der Waals surface area contributed by atoms with Crippen molar-refractivity contribution in [3.8, 4) is 16.9 Å². The number of rotatable bonds is 3. The van der Waals surface area contributed by atoms with E-state index < -0.39 is 0 Å². The van der Waals surface area contributed by atoms with Crippen LogP contribution in [0.25, 0.3) is 22.1 Å². The summed E-state index contributed by atoms with van der Waals surface area (Å²) in [6.07, 6.45) is 1.19. The van der Waals surface area contributed by atoms with Crippen molar-refractivity contribution in [1.29, 1.82) is 0 Å². The summed E-state index contributed by atoms with van der Waals surface area (Å²) in [6.45, 7) is 3.63. The van der Waals surface area contributed by atoms with Gasteiger partial charge in [-0.1, -0.05) is 30.3 Å². The van der Waals surface area contributed by atoms with Gasteiger partial charge in [-0.15, -0.1) is 0 Å². The minimum absolute atomic E-state index is 0.00807. The van der Waals surface area contributed by atoms with Crippen molar-refractivity contribution >= 4 is 11.0 Å². The zero-order valence-corrected chi connectivity index (χ0v) is 11.8. The van der Waals surface area contributed by atoms with Gasteiger partial charge in [0.15, 0.2) is 5.43 Å². The van der Waals surface area contributed by atoms with E-state index in [4.69, 9.17) is 11.9 Å². The number of hydrogen-bond acceptors (Lipinski definition) is 3. The van der Waals surface area contributed by atoms with Crippen molar-refractivity contribution in [3.05, 3.63) is 65.0 Å². The molecule has 2 aromatic carbocycles. The first-order chi connectivity index (χ1) is 11.0. The van der Waals surface area contributed by atoms with Gasteiger partial charge in [0.2, 0.25) is 0 Å². The molecule has 0 aliphatic heterocycles. The van der Waals surface area contributed by atoms with Crippen LogP contribution in [0.4, 0.5) is 0 Å². The Morgan fingerprint density at radius 1 is 1.19 bits per heavy atom. The minimum Gasteiger partial charge on any atom is -0.491 e. The van der Waals surface area contributed by atoms with Gasteiger partial charge in [0.25, 0.3) is 0 Å². The minimum atomic E-state index is -0.254. The molecule has 0 aliphatic rings. The highest BCUT2D eigenvalue weighted by molar-refractivity contribution is 5.82. The molecule has 3 aromatic rings. The van der Waals surface area contributed by atoms with Crippen LogP contribution in [0.5, 0.6) is 5.75 Å². The van der Waals surface area contributed by atoms with Crippen LogP contribution >= 0.6 is 0 Å². The van der Waals surface area contributed by atoms with Gasteiger partial charge in [0.1, 0.15) is 17.6 Å². The number of benzene rings is 2. The molecule has 21 heavy (non-hydrogen) atoms. The quantitative estimate of drug-likeness (QED) is 0.722. The van der Waals surface area contributed by atoms with E-state index in [1.807, 2.05) is 44.2 Å². The molecule has 0 N–H and O–H groups in total. The van der Waals surface area contributed by atoms with E-state index in [2.05, 4.69) is 0 Å². The zero-order chi connectivity index (χ0) is 16.6. The summed E-state index contributed by atoms with van der Waals surface area (Å²) in [7, 11) is 0. The van der Waals surface area contributed by atoms with Crippen molar-refractivity contribution in [2.24, 2.45) is 0 Å². The third-order valence-electron chi connectivity index (χ3n) is 3.04. The summed E-state index contributed by atoms with van der Waals surface area (Å²) in [5.41, 5.74) is 1.04. The fraction of sp³-hybridized carbons (Fsp3) is 0.167. The molecule has 0 bridgehead atoms. The first-order valence-electron chi connectivity index (χ1n) is 7.77. The molecule has 3 nitrogen and oxygen atoms in total. The van der Waals surface area contributed by atoms with Gasteiger partial charge in [-0.05, 0) is 31.5 Å². The molecule has 0 radical (unpaired) electrons. The van der Waals surface area contributed by atoms with E-state index in [-0.39, 0.29) is 40.3 Å². The normalized spacial score (nSPS) is 12.3. The molecule has 1 heterocycles. The standard InChI is InChI=1S/C18H16O3/c1-12(2)21-14-8-9-15-17(10-14)20-11-16(18(15)19)13-6-4-3-5-7-13/h3-12H,1-2H3/i8T,10T. The Bertz CT molecular complexity index is 915. The molecule has 0 unspecified atom stereocenters. The maximum absolute atomic E-state index is 12.7. The average Bonchev–Trinajstić information content (AvgIpc) is 2.53. The molecule has 106 valence electrons. The van der Waals surface area contributed by atoms with Crippen LogP contribution < -0.4 is 10.2 Å². The van der Waals surface area contributed by atoms with Gasteiger partial charge in [-0.25, -0.2) is 0 Å². The fourth-order valence-corrected chi connectivity index (χ4v) is 2.10. The smallest absolute Gasteiger partial charge is 0.200 e. The first-order valence-corrected chi connectivity index (χ1v) is 6.77. The van der Waals surface area contributed by atoms with Gasteiger partial charge in [-0.2, -0.15) is 0 Å². The van der Waals surface area contributed by atoms with Crippen molar-refractivity contribution in [2.45, 2.75) is 20.0 Å². The predicted octanol–water partition coefficient (Wildman–Crippen LogP) is 4.25. The first kappa shape index (κ1) is 11.1. The van der Waals surface area contributed by atoms with Crippen molar-refractivity contribution in [3.63, 3.8) is 0 Å². The Labute approximate surface area is 125 Å². The fourth-order valence-electron chi connectivity index (χ4n) is 2.10. The molecule has 0 aliphatic carbocycles. The largest absolute Gasteiger partial charge is 0.491 e. The lowest BCUT2D eigenvalue weighted by molar-refractivity contribution is 0.242. The van der Waals surface area contributed by atoms with Crippen LogP contribution in [0.1, 0.15) is 16.6 Å². The van der Waals surface area contributed by atoms with Gasteiger partial charge in [0.05, 0.1) is 19.8 Å². The van der Waals surface area contributed by atoms with Crippen LogP contribution in [0, 0.1) is 0 Å². The molecule has 0 saturated heterocycles. The van der Waals surface area contributed by atoms with Crippen molar-refractivity contribution in [1.82, 2.24) is 0 Å². The highest BCUT2D eigenvalue weighted by atomic mass is 16.5. The van der Waals surface area contributed by atoms with E-state index in [0.29, 0.717) is 5.56 Å². The van der Waals surface area contributed by atoms with Crippen LogP contribution in [-0.4, -0.2) is 6.10 Å². The van der Waals surface area contributed by atoms with Crippen LogP contribution in [0.2, 0.25) is 0 Å². The molecule has 1 aromatic heterocycles. The average molecular weight is 284 g/mol. The Morgan fingerprint density at radius 3 is 2.67 bits per heavy atom. The Hall–Kier alpha value is -2.55. The molecule has 0 amide bonds. The molecular weight excluding hydrogens is 264 g/mol. The molecule has 0 atom stereocenters. The van der Waals surface area contributed by atoms with Gasteiger partial charge in [0, 0.05) is 6.04 Å². The summed E-state index contributed by atoms with van der Waals surface area (Å²) in [5, 5.41) is 0.220. The lowest BCUT2D eigenvalue weighted by Crippen LogP contribution is -2.07. The van der Waals surface area contributed by atoms with E-state index >= 15 is 0 Å². The second kappa shape index (κ2) is 5.44. The molecule has 0 spiro atoms. The number of fused-ring (bicyclic) bond motifs is 1. The van der Waals surface area contributed by atoms with E-state index in [0.717, 1.165) is 5.56 Å². The zero-order valence-electron chi connectivity index (χ0n) is 13.8. The maximum Gasteiger partial charge on any atom is 0.200 e. The highest BCUT2D eigenvalue weighted by Crippen LogP contribution is 2.23. The third-order valence-corrected chi connectivity index (χ3v) is 3.04. The second-order valence-corrected chi connectivity index (χ2v) is 5.00. The van der Waals surface area contributed by atoms with Crippen LogP contribution in [-0.2, 0) is 0 Å². The highest BCUT2D eigenvalue weighted by Gasteiger charge is 2.10. The SMILES string of the molecule is [3H]c1cc2c(=O)c(-c3ccccc3)coc2c([3H])c1OC(C)C. The summed E-state index contributed by atoms with van der Waals surface area (Å²) in [6, 6.07) is 10.5. The molecule has 0 fully saturated rings. The summed E-state index contributed by atoms with van der Waals surface area (Å²) < 4.78 is 27.2. The lowest BCUT2D eigenvalue weighted by atomic mass is 10.1. The van der Waals surface area contributed by atoms with Crippen molar-refractivity contribution < 1.29 is 11.9 Å². The Kier molecular flexibility index (Phi) is 2.89. The monoisotopic (exact) mass is 284 g/mol. The van der Waals surface area contributed by atoms with Gasteiger partial charge in [-0.3, -0.25) is 4.79 Å². The van der Waals surface area contributed by atoms with E-state index in [9.17, 15) is 4.79 Å². The summed E-state index contributed by atoms with van der Waals surface area (Å²) in [5.74, 6) is 0.128. The maximum atomic E-state index is 12.7. The summed E-state index contributed by atoms with van der Waals surface area (Å²) in [4.78, 5) is 12.7. The third kappa shape index (κ3) is 2.68. The van der Waals surface area contributed by atoms with Gasteiger partial charge >= 0.3 is 0 Å². The van der Waals surface area contributed by atoms with E-state index in [1.54, 1.807) is 0 Å². The number of ether oxygens (including phenoxy) is 1. The topological polar surface area (TPSA) is 39.4 Å². The molecular formula is C18H16O3. The Balaban J connectivity index is 2.26. The lowest BCUT2D eigenvalue weighted by Gasteiger charge is -2.10. The molecule has 3 rings (SSSR count). The molecule has 0 saturated carbocycles. The van der Waals surface area contributed by atoms with Gasteiger partial charge < -0.3 is 9.15 Å². The number of hydrogen-bond donors (Lipinski definition) is 0. The predicted molar refractivity (Wildman–Crippen MR) is 83.7 cm³/mol. The molecule has 3 heteroatoms. The van der Waals surface area contributed by atoms with Crippen molar-refractivity contribution in [2.75, 3.05) is 0 Å². The summed E-state index contributed by atoms with van der Waals surface area (Å²) >= 11 is 0. The van der Waals surface area contributed by atoms with E-state index in [1.165, 1.54) is 12.3 Å². The van der Waals surface area contributed by atoms with Crippen LogP contribution in [0.15, 0.2) is 64.0 Å². The Morgan fingerprint density at radius 2 is 1.95 bits per heavy atom. The second-order valence-electron chi connectivity index (χ2n) is 5.00. The van der Waals surface area contributed by atoms with Crippen LogP contribution in [0.3, 0.4) is 0 Å².